The number of aliphatic hydroxyl groups is 1. The van der Waals surface area contributed by atoms with Crippen LogP contribution in [-0.2, 0) is 0 Å². The van der Waals surface area contributed by atoms with Gasteiger partial charge in [0.1, 0.15) is 4.88 Å². The molecular weight excluding hydrogens is 224 g/mol. The molecule has 1 N–H and O–H groups in total. The van der Waals surface area contributed by atoms with Crippen LogP contribution in [0.5, 0.6) is 0 Å². The molecule has 0 aromatic carbocycles. The zero-order valence-electron chi connectivity index (χ0n) is 9.78. The third kappa shape index (κ3) is 1.85. The van der Waals surface area contributed by atoms with Crippen molar-refractivity contribution in [2.75, 3.05) is 13.1 Å². The predicted octanol–water partition coefficient (Wildman–Crippen LogP) is 1.36. The molecule has 0 radical (unpaired) electrons. The molecule has 1 aromatic heterocycles. The second-order valence-electron chi connectivity index (χ2n) is 4.39. The summed E-state index contributed by atoms with van der Waals surface area (Å²) in [5.74, 6) is 0.00113. The molecule has 0 atom stereocenters. The van der Waals surface area contributed by atoms with E-state index in [4.69, 9.17) is 0 Å². The van der Waals surface area contributed by atoms with Gasteiger partial charge in [-0.2, -0.15) is 0 Å². The van der Waals surface area contributed by atoms with Gasteiger partial charge in [0.05, 0.1) is 29.4 Å². The van der Waals surface area contributed by atoms with Crippen molar-refractivity contribution in [3.05, 3.63) is 15.6 Å². The van der Waals surface area contributed by atoms with Crippen molar-refractivity contribution in [3.8, 4) is 0 Å². The minimum atomic E-state index is -0.663. The van der Waals surface area contributed by atoms with Gasteiger partial charge in [0.2, 0.25) is 0 Å². The summed E-state index contributed by atoms with van der Waals surface area (Å²) >= 11 is 1.42. The molecule has 88 valence electrons. The first-order chi connectivity index (χ1) is 7.45. The summed E-state index contributed by atoms with van der Waals surface area (Å²) in [6.45, 7) is 6.57. The number of likely N-dealkylation sites (tertiary alicyclic amines) is 1. The van der Waals surface area contributed by atoms with E-state index in [9.17, 15) is 9.90 Å². The van der Waals surface area contributed by atoms with Crippen LogP contribution in [0.4, 0.5) is 0 Å². The Hall–Kier alpha value is -0.940. The monoisotopic (exact) mass is 240 g/mol. The predicted molar refractivity (Wildman–Crippen MR) is 62.7 cm³/mol. The molecule has 1 amide bonds. The Morgan fingerprint density at radius 3 is 2.62 bits per heavy atom. The number of β-amino-alcohol motifs (C(OH)–C–C–N with tert-alkyl or cyclic N) is 1. The minimum absolute atomic E-state index is 0.00113. The van der Waals surface area contributed by atoms with E-state index in [1.54, 1.807) is 4.90 Å². The average molecular weight is 240 g/mol. The second-order valence-corrected chi connectivity index (χ2v) is 5.59. The van der Waals surface area contributed by atoms with E-state index >= 15 is 0 Å². The normalized spacial score (nSPS) is 18.4. The first-order valence-corrected chi connectivity index (χ1v) is 6.22. The zero-order chi connectivity index (χ0) is 11.9. The van der Waals surface area contributed by atoms with Crippen LogP contribution in [0, 0.1) is 13.8 Å². The van der Waals surface area contributed by atoms with Crippen LogP contribution >= 0.6 is 11.3 Å². The topological polar surface area (TPSA) is 53.4 Å². The van der Waals surface area contributed by atoms with Crippen LogP contribution in [-0.4, -0.2) is 39.6 Å². The van der Waals surface area contributed by atoms with Crippen molar-refractivity contribution in [2.45, 2.75) is 32.8 Å². The quantitative estimate of drug-likeness (QED) is 0.849. The Balaban J connectivity index is 2.08. The Labute approximate surface area is 98.9 Å². The molecule has 0 bridgehead atoms. The van der Waals surface area contributed by atoms with Crippen LogP contribution in [0.2, 0.25) is 0 Å². The number of aromatic nitrogens is 1. The number of nitrogens with zero attached hydrogens (tertiary/aromatic N) is 2. The molecular formula is C11H16N2O2S. The number of hydrogen-bond acceptors (Lipinski definition) is 4. The van der Waals surface area contributed by atoms with E-state index in [0.717, 1.165) is 10.7 Å². The molecule has 1 saturated heterocycles. The van der Waals surface area contributed by atoms with E-state index in [0.29, 0.717) is 24.4 Å². The average Bonchev–Trinajstić information content (AvgIpc) is 2.52. The molecule has 5 heteroatoms. The molecule has 0 aliphatic carbocycles. The highest BCUT2D eigenvalue weighted by atomic mass is 32.1. The van der Waals surface area contributed by atoms with Crippen LogP contribution in [0.15, 0.2) is 0 Å². The van der Waals surface area contributed by atoms with Crippen molar-refractivity contribution in [3.63, 3.8) is 0 Å². The molecule has 2 rings (SSSR count). The molecule has 0 spiro atoms. The maximum Gasteiger partial charge on any atom is 0.266 e. The summed E-state index contributed by atoms with van der Waals surface area (Å²) in [5.41, 5.74) is 0.128. The molecule has 0 unspecified atom stereocenters. The van der Waals surface area contributed by atoms with Crippen molar-refractivity contribution in [1.82, 2.24) is 9.88 Å². The largest absolute Gasteiger partial charge is 0.386 e. The molecule has 1 aliphatic rings. The third-order valence-corrected chi connectivity index (χ3v) is 4.07. The van der Waals surface area contributed by atoms with Gasteiger partial charge in [0, 0.05) is 0 Å². The lowest BCUT2D eigenvalue weighted by molar-refractivity contribution is -0.0825. The standard InChI is InChI=1S/C11H16N2O2S/c1-4-11(15)5-13(6-11)10(14)9-7(2)12-8(3)16-9/h15H,4-6H2,1-3H3. The van der Waals surface area contributed by atoms with Gasteiger partial charge in [-0.25, -0.2) is 4.98 Å². The number of hydrogen-bond donors (Lipinski definition) is 1. The SMILES string of the molecule is CCC1(O)CN(C(=O)c2sc(C)nc2C)C1. The van der Waals surface area contributed by atoms with Gasteiger partial charge in [0.15, 0.2) is 0 Å². The number of carbonyl (C=O) groups excluding carboxylic acids is 1. The summed E-state index contributed by atoms with van der Waals surface area (Å²) in [6, 6.07) is 0. The van der Waals surface area contributed by atoms with Gasteiger partial charge in [-0.05, 0) is 20.3 Å². The molecule has 4 nitrogen and oxygen atoms in total. The molecule has 1 aromatic rings. The summed E-state index contributed by atoms with van der Waals surface area (Å²) < 4.78 is 0. The van der Waals surface area contributed by atoms with Crippen LogP contribution in [0.25, 0.3) is 0 Å². The van der Waals surface area contributed by atoms with E-state index in [1.807, 2.05) is 20.8 Å². The maximum atomic E-state index is 12.1. The summed E-state index contributed by atoms with van der Waals surface area (Å²) in [4.78, 5) is 18.7. The lowest BCUT2D eigenvalue weighted by Gasteiger charge is -2.45. The summed E-state index contributed by atoms with van der Waals surface area (Å²) in [5, 5.41) is 10.8. The molecule has 0 saturated carbocycles. The van der Waals surface area contributed by atoms with Gasteiger partial charge in [-0.15, -0.1) is 11.3 Å². The van der Waals surface area contributed by atoms with E-state index in [1.165, 1.54) is 11.3 Å². The smallest absolute Gasteiger partial charge is 0.266 e. The Morgan fingerprint density at radius 1 is 1.56 bits per heavy atom. The van der Waals surface area contributed by atoms with Gasteiger partial charge >= 0.3 is 0 Å². The van der Waals surface area contributed by atoms with E-state index < -0.39 is 5.60 Å². The van der Waals surface area contributed by atoms with Crippen molar-refractivity contribution < 1.29 is 9.90 Å². The van der Waals surface area contributed by atoms with Crippen molar-refractivity contribution in [2.24, 2.45) is 0 Å². The molecule has 1 aliphatic heterocycles. The summed E-state index contributed by atoms with van der Waals surface area (Å²) in [6.07, 6.45) is 0.692. The van der Waals surface area contributed by atoms with Gasteiger partial charge in [0.25, 0.3) is 5.91 Å². The minimum Gasteiger partial charge on any atom is -0.386 e. The van der Waals surface area contributed by atoms with Gasteiger partial charge in [-0.1, -0.05) is 6.92 Å². The van der Waals surface area contributed by atoms with Crippen LogP contribution < -0.4 is 0 Å². The van der Waals surface area contributed by atoms with Crippen LogP contribution in [0.1, 0.15) is 33.7 Å². The third-order valence-electron chi connectivity index (χ3n) is 3.01. The van der Waals surface area contributed by atoms with E-state index in [2.05, 4.69) is 4.98 Å². The Bertz CT molecular complexity index is 422. The van der Waals surface area contributed by atoms with Crippen molar-refractivity contribution >= 4 is 17.2 Å². The second kappa shape index (κ2) is 3.82. The van der Waals surface area contributed by atoms with E-state index in [-0.39, 0.29) is 5.91 Å². The van der Waals surface area contributed by atoms with Crippen molar-refractivity contribution in [1.29, 1.82) is 0 Å². The number of thiazole rings is 1. The highest BCUT2D eigenvalue weighted by molar-refractivity contribution is 7.13. The lowest BCUT2D eigenvalue weighted by atomic mass is 9.91. The number of rotatable bonds is 2. The number of carbonyl (C=O) groups is 1. The Morgan fingerprint density at radius 2 is 2.19 bits per heavy atom. The van der Waals surface area contributed by atoms with Crippen LogP contribution in [0.3, 0.4) is 0 Å². The number of aryl methyl sites for hydroxylation is 2. The first kappa shape index (κ1) is 11.5. The maximum absolute atomic E-state index is 12.1. The Kier molecular flexibility index (Phi) is 2.75. The highest BCUT2D eigenvalue weighted by Gasteiger charge is 2.42. The molecule has 2 heterocycles. The molecule has 16 heavy (non-hydrogen) atoms. The first-order valence-electron chi connectivity index (χ1n) is 5.41. The fourth-order valence-corrected chi connectivity index (χ4v) is 2.79. The fraction of sp³-hybridized carbons (Fsp3) is 0.636. The lowest BCUT2D eigenvalue weighted by Crippen LogP contribution is -2.63. The number of amides is 1. The summed E-state index contributed by atoms with van der Waals surface area (Å²) in [7, 11) is 0. The highest BCUT2D eigenvalue weighted by Crippen LogP contribution is 2.28. The fourth-order valence-electron chi connectivity index (χ4n) is 1.90. The van der Waals surface area contributed by atoms with Gasteiger partial charge in [-0.3, -0.25) is 4.79 Å². The zero-order valence-corrected chi connectivity index (χ0v) is 10.6. The van der Waals surface area contributed by atoms with Gasteiger partial charge < -0.3 is 10.0 Å². The molecule has 1 fully saturated rings.